The maximum absolute atomic E-state index is 12.3. The van der Waals surface area contributed by atoms with E-state index in [9.17, 15) is 20.1 Å². The fraction of sp³-hybridized carbons (Fsp3) is 0.762. The van der Waals surface area contributed by atoms with Crippen LogP contribution in [0.2, 0.25) is 0 Å². The maximum Gasteiger partial charge on any atom is 0.161 e. The summed E-state index contributed by atoms with van der Waals surface area (Å²) in [5, 5.41) is 30.6. The van der Waals surface area contributed by atoms with Gasteiger partial charge in [0.15, 0.2) is 5.78 Å². The van der Waals surface area contributed by atoms with Gasteiger partial charge in [-0.15, -0.1) is 0 Å². The van der Waals surface area contributed by atoms with Gasteiger partial charge < -0.3 is 15.3 Å². The van der Waals surface area contributed by atoms with Crippen LogP contribution in [0, 0.1) is 28.6 Å². The molecule has 0 heterocycles. The summed E-state index contributed by atoms with van der Waals surface area (Å²) in [6, 6.07) is 0. The van der Waals surface area contributed by atoms with Crippen molar-refractivity contribution in [1.82, 2.24) is 0 Å². The third-order valence-corrected chi connectivity index (χ3v) is 8.03. The van der Waals surface area contributed by atoms with Crippen LogP contribution in [0.4, 0.5) is 0 Å². The lowest BCUT2D eigenvalue weighted by atomic mass is 9.49. The number of hydrogen-bond acceptors (Lipinski definition) is 4. The average Bonchev–Trinajstić information content (AvgIpc) is 2.91. The van der Waals surface area contributed by atoms with Crippen LogP contribution in [0.1, 0.15) is 52.4 Å². The van der Waals surface area contributed by atoms with E-state index in [1.807, 2.05) is 0 Å². The minimum absolute atomic E-state index is 0.0738. The first-order valence-electron chi connectivity index (χ1n) is 9.72. The Bertz CT molecular complexity index is 650. The Kier molecular flexibility index (Phi) is 4.02. The quantitative estimate of drug-likeness (QED) is 0.717. The lowest BCUT2D eigenvalue weighted by molar-refractivity contribution is -0.131. The van der Waals surface area contributed by atoms with Crippen LogP contribution in [0.15, 0.2) is 23.3 Å². The number of hydrogen-bond donors (Lipinski definition) is 3. The molecular weight excluding hydrogens is 316 g/mol. The summed E-state index contributed by atoms with van der Waals surface area (Å²) in [6.45, 7) is 3.99. The molecule has 3 N–H and O–H groups in total. The van der Waals surface area contributed by atoms with Gasteiger partial charge in [0.1, 0.15) is 6.61 Å². The number of aliphatic hydroxyl groups is 3. The molecule has 4 rings (SSSR count). The number of aliphatic hydroxyl groups excluding tert-OH is 3. The Morgan fingerprint density at radius 3 is 2.68 bits per heavy atom. The summed E-state index contributed by atoms with van der Waals surface area (Å²) in [7, 11) is 0. The van der Waals surface area contributed by atoms with Crippen LogP contribution in [0.5, 0.6) is 0 Å². The molecule has 0 bridgehead atoms. The van der Waals surface area contributed by atoms with E-state index < -0.39 is 12.7 Å². The standard InChI is InChI=1S/C21H30O4/c1-20-8-7-13(23)9-12(20)3-4-14-15-5-6-16(18(25)11-22)21(15,2)10-17(24)19(14)20/h3-4,13,15-17,19,22-24H,5-11H2,1-2H3/t13-,15-,16+,17+,19-,20+,21-/m0/s1. The molecule has 0 spiro atoms. The second kappa shape index (κ2) is 5.77. The lowest BCUT2D eigenvalue weighted by Gasteiger charge is -2.56. The highest BCUT2D eigenvalue weighted by Crippen LogP contribution is 2.64. The fourth-order valence-corrected chi connectivity index (χ4v) is 6.75. The molecule has 0 unspecified atom stereocenters. The molecule has 4 heteroatoms. The van der Waals surface area contributed by atoms with Crippen LogP contribution >= 0.6 is 0 Å². The molecule has 0 aromatic rings. The molecule has 0 aliphatic heterocycles. The highest BCUT2D eigenvalue weighted by molar-refractivity contribution is 5.83. The van der Waals surface area contributed by atoms with Gasteiger partial charge in [-0.05, 0) is 55.3 Å². The number of fused-ring (bicyclic) bond motifs is 5. The Balaban J connectivity index is 1.74. The molecule has 25 heavy (non-hydrogen) atoms. The van der Waals surface area contributed by atoms with Gasteiger partial charge in [0.05, 0.1) is 12.2 Å². The Labute approximate surface area is 149 Å². The van der Waals surface area contributed by atoms with E-state index in [4.69, 9.17) is 0 Å². The first kappa shape index (κ1) is 17.4. The lowest BCUT2D eigenvalue weighted by Crippen LogP contribution is -2.53. The minimum Gasteiger partial charge on any atom is -0.393 e. The van der Waals surface area contributed by atoms with Gasteiger partial charge in [0.2, 0.25) is 0 Å². The molecule has 0 amide bonds. The van der Waals surface area contributed by atoms with Gasteiger partial charge in [0.25, 0.3) is 0 Å². The predicted molar refractivity (Wildman–Crippen MR) is 94.7 cm³/mol. The molecule has 3 saturated carbocycles. The topological polar surface area (TPSA) is 77.8 Å². The van der Waals surface area contributed by atoms with Crippen molar-refractivity contribution in [3.05, 3.63) is 23.3 Å². The molecule has 0 radical (unpaired) electrons. The van der Waals surface area contributed by atoms with E-state index in [2.05, 4.69) is 26.0 Å². The van der Waals surface area contributed by atoms with E-state index in [1.54, 1.807) is 0 Å². The van der Waals surface area contributed by atoms with E-state index in [-0.39, 0.29) is 34.6 Å². The largest absolute Gasteiger partial charge is 0.393 e. The first-order valence-corrected chi connectivity index (χ1v) is 9.72. The molecule has 0 aromatic carbocycles. The normalized spacial score (nSPS) is 48.8. The molecule has 0 aromatic heterocycles. The second-order valence-electron chi connectivity index (χ2n) is 9.23. The van der Waals surface area contributed by atoms with E-state index in [0.29, 0.717) is 18.8 Å². The number of ketones is 1. The van der Waals surface area contributed by atoms with Crippen LogP contribution in [0.3, 0.4) is 0 Å². The van der Waals surface area contributed by atoms with Crippen LogP contribution in [-0.2, 0) is 4.79 Å². The van der Waals surface area contributed by atoms with Gasteiger partial charge in [-0.1, -0.05) is 37.1 Å². The number of Topliss-reactive ketones (excluding diaryl/α,β-unsaturated/α-hetero) is 1. The summed E-state index contributed by atoms with van der Waals surface area (Å²) in [5.41, 5.74) is 2.24. The van der Waals surface area contributed by atoms with Crippen LogP contribution in [-0.4, -0.2) is 39.9 Å². The van der Waals surface area contributed by atoms with Crippen molar-refractivity contribution < 1.29 is 20.1 Å². The van der Waals surface area contributed by atoms with E-state index in [0.717, 1.165) is 25.7 Å². The molecule has 138 valence electrons. The Morgan fingerprint density at radius 2 is 1.96 bits per heavy atom. The summed E-state index contributed by atoms with van der Waals surface area (Å²) < 4.78 is 0. The van der Waals surface area contributed by atoms with Gasteiger partial charge in [0, 0.05) is 11.8 Å². The van der Waals surface area contributed by atoms with Crippen molar-refractivity contribution in [2.45, 2.75) is 64.6 Å². The third kappa shape index (κ3) is 2.34. The molecule has 4 aliphatic carbocycles. The van der Waals surface area contributed by atoms with Crippen molar-refractivity contribution in [3.63, 3.8) is 0 Å². The van der Waals surface area contributed by atoms with Crippen molar-refractivity contribution >= 4 is 5.78 Å². The molecule has 3 fully saturated rings. The maximum atomic E-state index is 12.3. The first-order chi connectivity index (χ1) is 11.8. The predicted octanol–water partition coefficient (Wildman–Crippen LogP) is 2.38. The summed E-state index contributed by atoms with van der Waals surface area (Å²) in [4.78, 5) is 12.3. The Hall–Kier alpha value is -0.970. The molecule has 4 nitrogen and oxygen atoms in total. The van der Waals surface area contributed by atoms with Crippen molar-refractivity contribution in [2.75, 3.05) is 6.61 Å². The second-order valence-corrected chi connectivity index (χ2v) is 9.23. The fourth-order valence-electron chi connectivity index (χ4n) is 6.75. The average molecular weight is 346 g/mol. The van der Waals surface area contributed by atoms with E-state index in [1.165, 1.54) is 11.1 Å². The van der Waals surface area contributed by atoms with Gasteiger partial charge in [-0.2, -0.15) is 0 Å². The zero-order valence-electron chi connectivity index (χ0n) is 15.2. The number of allylic oxidation sites excluding steroid dienone is 2. The highest BCUT2D eigenvalue weighted by atomic mass is 16.3. The summed E-state index contributed by atoms with van der Waals surface area (Å²) in [5.74, 6) is 0.185. The highest BCUT2D eigenvalue weighted by Gasteiger charge is 2.60. The van der Waals surface area contributed by atoms with Crippen molar-refractivity contribution in [2.24, 2.45) is 28.6 Å². The smallest absolute Gasteiger partial charge is 0.161 e. The third-order valence-electron chi connectivity index (χ3n) is 8.03. The van der Waals surface area contributed by atoms with Gasteiger partial charge >= 0.3 is 0 Å². The van der Waals surface area contributed by atoms with Gasteiger partial charge in [-0.3, -0.25) is 4.79 Å². The molecule has 4 aliphatic rings. The number of carbonyl (C=O) groups excluding carboxylic acids is 1. The Morgan fingerprint density at radius 1 is 1.20 bits per heavy atom. The molecule has 7 atom stereocenters. The van der Waals surface area contributed by atoms with Crippen molar-refractivity contribution in [1.29, 1.82) is 0 Å². The molecule has 0 saturated heterocycles. The van der Waals surface area contributed by atoms with Crippen LogP contribution in [0.25, 0.3) is 0 Å². The summed E-state index contributed by atoms with van der Waals surface area (Å²) >= 11 is 0. The zero-order valence-corrected chi connectivity index (χ0v) is 15.2. The molecular formula is C21H30O4. The summed E-state index contributed by atoms with van der Waals surface area (Å²) in [6.07, 6.45) is 8.41. The number of carbonyl (C=O) groups is 1. The minimum atomic E-state index is -0.469. The van der Waals surface area contributed by atoms with Crippen LogP contribution < -0.4 is 0 Å². The van der Waals surface area contributed by atoms with Gasteiger partial charge in [-0.25, -0.2) is 0 Å². The van der Waals surface area contributed by atoms with Crippen molar-refractivity contribution in [3.8, 4) is 0 Å². The zero-order chi connectivity index (χ0) is 18.0. The SMILES string of the molecule is C[C@]12C[C@@H](O)[C@@H]3C(=CC=C4C[C@@H](O)CC[C@]43C)[C@@H]1CC[C@@H]2C(=O)CO. The number of rotatable bonds is 2. The van der Waals surface area contributed by atoms with E-state index >= 15 is 0 Å². The monoisotopic (exact) mass is 346 g/mol.